The molecule has 2 rings (SSSR count). The average Bonchev–Trinajstić information content (AvgIpc) is 2.63. The molecular formula is C14H20N2S. The average molecular weight is 248 g/mol. The first-order valence-corrected chi connectivity index (χ1v) is 6.83. The van der Waals surface area contributed by atoms with Crippen molar-refractivity contribution in [3.05, 3.63) is 28.5 Å². The summed E-state index contributed by atoms with van der Waals surface area (Å²) in [7, 11) is 0. The zero-order valence-electron chi connectivity index (χ0n) is 10.6. The number of imidazole rings is 1. The van der Waals surface area contributed by atoms with Gasteiger partial charge >= 0.3 is 0 Å². The summed E-state index contributed by atoms with van der Waals surface area (Å²) in [6.07, 6.45) is 5.09. The number of unbranched alkanes of at least 4 members (excludes halogenated alkanes) is 3. The van der Waals surface area contributed by atoms with Crippen LogP contribution in [0.1, 0.15) is 38.2 Å². The number of aromatic nitrogens is 2. The first-order chi connectivity index (χ1) is 8.24. The van der Waals surface area contributed by atoms with Crippen molar-refractivity contribution in [2.24, 2.45) is 0 Å². The van der Waals surface area contributed by atoms with Crippen LogP contribution >= 0.6 is 12.2 Å². The number of para-hydroxylation sites is 1. The predicted octanol–water partition coefficient (Wildman–Crippen LogP) is 4.59. The Balaban J connectivity index is 2.25. The van der Waals surface area contributed by atoms with Crippen LogP contribution in [0.3, 0.4) is 0 Å². The number of hydrogen-bond acceptors (Lipinski definition) is 1. The number of nitrogens with zero attached hydrogens (tertiary/aromatic N) is 1. The zero-order chi connectivity index (χ0) is 12.3. The van der Waals surface area contributed by atoms with Gasteiger partial charge in [0.2, 0.25) is 0 Å². The van der Waals surface area contributed by atoms with Gasteiger partial charge < -0.3 is 9.55 Å². The van der Waals surface area contributed by atoms with Crippen LogP contribution in [0.25, 0.3) is 11.0 Å². The molecule has 0 bridgehead atoms. The fraction of sp³-hybridized carbons (Fsp3) is 0.500. The largest absolute Gasteiger partial charge is 0.330 e. The highest BCUT2D eigenvalue weighted by molar-refractivity contribution is 7.71. The monoisotopic (exact) mass is 248 g/mol. The van der Waals surface area contributed by atoms with Crippen molar-refractivity contribution in [2.75, 3.05) is 0 Å². The van der Waals surface area contributed by atoms with Gasteiger partial charge in [0.25, 0.3) is 0 Å². The van der Waals surface area contributed by atoms with Crippen LogP contribution < -0.4 is 0 Å². The standard InChI is InChI=1S/C14H20N2S/c1-3-4-5-6-10-16-12-9-7-8-11(2)13(12)15-14(16)17/h7-9H,3-6,10H2,1-2H3,(H,15,17). The number of rotatable bonds is 5. The lowest BCUT2D eigenvalue weighted by atomic mass is 10.2. The van der Waals surface area contributed by atoms with Crippen molar-refractivity contribution >= 4 is 23.3 Å². The molecule has 1 heterocycles. The lowest BCUT2D eigenvalue weighted by Gasteiger charge is -2.04. The Labute approximate surface area is 108 Å². The van der Waals surface area contributed by atoms with E-state index in [1.807, 2.05) is 0 Å². The number of H-pyrrole nitrogens is 1. The van der Waals surface area contributed by atoms with Gasteiger partial charge in [0.05, 0.1) is 11.0 Å². The Morgan fingerprint density at radius 3 is 2.82 bits per heavy atom. The molecule has 0 saturated carbocycles. The molecule has 1 N–H and O–H groups in total. The van der Waals surface area contributed by atoms with E-state index in [0.29, 0.717) is 0 Å². The molecule has 92 valence electrons. The van der Waals surface area contributed by atoms with Gasteiger partial charge in [0.1, 0.15) is 0 Å². The van der Waals surface area contributed by atoms with E-state index in [-0.39, 0.29) is 0 Å². The number of benzene rings is 1. The Kier molecular flexibility index (Phi) is 4.00. The van der Waals surface area contributed by atoms with E-state index in [1.165, 1.54) is 42.3 Å². The Bertz CT molecular complexity index is 551. The fourth-order valence-electron chi connectivity index (χ4n) is 2.24. The highest BCUT2D eigenvalue weighted by Crippen LogP contribution is 2.18. The van der Waals surface area contributed by atoms with Crippen LogP contribution in [0.4, 0.5) is 0 Å². The van der Waals surface area contributed by atoms with E-state index in [9.17, 15) is 0 Å². The van der Waals surface area contributed by atoms with E-state index < -0.39 is 0 Å². The normalized spacial score (nSPS) is 11.2. The molecular weight excluding hydrogens is 228 g/mol. The van der Waals surface area contributed by atoms with Crippen molar-refractivity contribution in [3.8, 4) is 0 Å². The molecule has 0 atom stereocenters. The Morgan fingerprint density at radius 1 is 1.24 bits per heavy atom. The minimum Gasteiger partial charge on any atom is -0.330 e. The molecule has 0 radical (unpaired) electrons. The molecule has 2 nitrogen and oxygen atoms in total. The number of fused-ring (bicyclic) bond motifs is 1. The number of nitrogens with one attached hydrogen (secondary N) is 1. The van der Waals surface area contributed by atoms with Gasteiger partial charge in [-0.2, -0.15) is 0 Å². The topological polar surface area (TPSA) is 20.7 Å². The SMILES string of the molecule is CCCCCCn1c(=S)[nH]c2c(C)cccc21. The second-order valence-corrected chi connectivity index (χ2v) is 5.00. The third-order valence-corrected chi connectivity index (χ3v) is 3.58. The minimum atomic E-state index is 0.853. The maximum atomic E-state index is 5.40. The third-order valence-electron chi connectivity index (χ3n) is 3.25. The molecule has 0 amide bonds. The number of aromatic amines is 1. The fourth-order valence-corrected chi connectivity index (χ4v) is 2.53. The highest BCUT2D eigenvalue weighted by atomic mass is 32.1. The summed E-state index contributed by atoms with van der Waals surface area (Å²) in [5.74, 6) is 0. The van der Waals surface area contributed by atoms with Gasteiger partial charge in [-0.1, -0.05) is 38.3 Å². The van der Waals surface area contributed by atoms with Crippen LogP contribution in [0.5, 0.6) is 0 Å². The van der Waals surface area contributed by atoms with Crippen LogP contribution in [0, 0.1) is 11.7 Å². The second kappa shape index (κ2) is 5.50. The van der Waals surface area contributed by atoms with E-state index >= 15 is 0 Å². The molecule has 17 heavy (non-hydrogen) atoms. The first-order valence-electron chi connectivity index (χ1n) is 6.42. The van der Waals surface area contributed by atoms with Crippen molar-refractivity contribution in [1.29, 1.82) is 0 Å². The smallest absolute Gasteiger partial charge is 0.178 e. The molecule has 0 saturated heterocycles. The van der Waals surface area contributed by atoms with Crippen molar-refractivity contribution in [1.82, 2.24) is 9.55 Å². The molecule has 2 aromatic rings. The van der Waals surface area contributed by atoms with Gasteiger partial charge in [-0.3, -0.25) is 0 Å². The number of aryl methyl sites for hydroxylation is 2. The Morgan fingerprint density at radius 2 is 2.06 bits per heavy atom. The molecule has 1 aromatic heterocycles. The van der Waals surface area contributed by atoms with Crippen LogP contribution in [0.15, 0.2) is 18.2 Å². The van der Waals surface area contributed by atoms with E-state index in [0.717, 1.165) is 11.3 Å². The summed E-state index contributed by atoms with van der Waals surface area (Å²) >= 11 is 5.40. The van der Waals surface area contributed by atoms with Crippen molar-refractivity contribution in [3.63, 3.8) is 0 Å². The lowest BCUT2D eigenvalue weighted by molar-refractivity contribution is 0.587. The van der Waals surface area contributed by atoms with Gasteiger partial charge in [-0.25, -0.2) is 0 Å². The summed E-state index contributed by atoms with van der Waals surface area (Å²) in [4.78, 5) is 3.31. The van der Waals surface area contributed by atoms with Crippen LogP contribution in [0.2, 0.25) is 0 Å². The highest BCUT2D eigenvalue weighted by Gasteiger charge is 2.05. The van der Waals surface area contributed by atoms with Crippen LogP contribution in [-0.2, 0) is 6.54 Å². The predicted molar refractivity (Wildman–Crippen MR) is 76.0 cm³/mol. The van der Waals surface area contributed by atoms with E-state index in [2.05, 4.69) is 41.6 Å². The van der Waals surface area contributed by atoms with Crippen LogP contribution in [-0.4, -0.2) is 9.55 Å². The number of hydrogen-bond donors (Lipinski definition) is 1. The van der Waals surface area contributed by atoms with Gasteiger partial charge in [-0.15, -0.1) is 0 Å². The summed E-state index contributed by atoms with van der Waals surface area (Å²) in [6.45, 7) is 5.39. The molecule has 0 fully saturated rings. The molecule has 0 unspecified atom stereocenters. The van der Waals surface area contributed by atoms with Gasteiger partial charge in [0, 0.05) is 6.54 Å². The van der Waals surface area contributed by atoms with Gasteiger partial charge in [-0.05, 0) is 37.2 Å². The lowest BCUT2D eigenvalue weighted by Crippen LogP contribution is -1.97. The summed E-state index contributed by atoms with van der Waals surface area (Å²) < 4.78 is 3.08. The van der Waals surface area contributed by atoms with E-state index in [4.69, 9.17) is 12.2 Å². The maximum absolute atomic E-state index is 5.40. The maximum Gasteiger partial charge on any atom is 0.178 e. The summed E-state index contributed by atoms with van der Waals surface area (Å²) in [5, 5.41) is 0. The molecule has 0 aliphatic rings. The zero-order valence-corrected chi connectivity index (χ0v) is 11.4. The molecule has 0 aliphatic carbocycles. The first kappa shape index (κ1) is 12.4. The van der Waals surface area contributed by atoms with Gasteiger partial charge in [0.15, 0.2) is 4.77 Å². The third kappa shape index (κ3) is 2.60. The Hall–Kier alpha value is -1.09. The molecule has 0 aliphatic heterocycles. The molecule has 3 heteroatoms. The molecule has 1 aromatic carbocycles. The summed E-state index contributed by atoms with van der Waals surface area (Å²) in [5.41, 5.74) is 3.69. The summed E-state index contributed by atoms with van der Waals surface area (Å²) in [6, 6.07) is 6.37. The quantitative estimate of drug-likeness (QED) is 0.606. The minimum absolute atomic E-state index is 0.853. The second-order valence-electron chi connectivity index (χ2n) is 4.61. The van der Waals surface area contributed by atoms with Crippen molar-refractivity contribution < 1.29 is 0 Å². The van der Waals surface area contributed by atoms with E-state index in [1.54, 1.807) is 0 Å². The van der Waals surface area contributed by atoms with Crippen molar-refractivity contribution in [2.45, 2.75) is 46.1 Å². The molecule has 0 spiro atoms.